The molecule has 2 amide bonds. The Hall–Kier alpha value is -3.43. The fraction of sp³-hybridized carbons (Fsp3) is 0.375. The van der Waals surface area contributed by atoms with Crippen molar-refractivity contribution in [3.63, 3.8) is 0 Å². The average molecular weight is 616 g/mol. The average Bonchev–Trinajstić information content (AvgIpc) is 2.95. The molecule has 0 aromatic heterocycles. The zero-order valence-corrected chi connectivity index (χ0v) is 26.1. The van der Waals surface area contributed by atoms with Crippen LogP contribution in [-0.2, 0) is 32.6 Å². The quantitative estimate of drug-likeness (QED) is 0.245. The van der Waals surface area contributed by atoms with Gasteiger partial charge in [0, 0.05) is 42.6 Å². The first-order valence-electron chi connectivity index (χ1n) is 14.0. The van der Waals surface area contributed by atoms with E-state index in [1.807, 2.05) is 44.2 Å². The topological polar surface area (TPSA) is 86.8 Å². The Balaban J connectivity index is 1.92. The molecule has 0 aliphatic rings. The standard InChI is InChI=1S/C32H39ClFN3O4S/c1-5-24(3)35-32(39)30(20-25-12-7-6-8-13-25)36(22-26-14-9-10-15-28(26)34)31(38)16-11-19-37(42(4,40)41)29-21-27(33)18-17-23(29)2/h6-10,12-15,17-18,21,24,30H,5,11,16,19-20,22H2,1-4H3,(H,35,39). The lowest BCUT2D eigenvalue weighted by atomic mass is 10.0. The molecule has 0 heterocycles. The minimum absolute atomic E-state index is 0.0295. The molecule has 3 aromatic carbocycles. The SMILES string of the molecule is CCC(C)NC(=O)C(Cc1ccccc1)N(Cc1ccccc1F)C(=O)CCCN(c1cc(Cl)ccc1C)S(C)(=O)=O. The Morgan fingerprint density at radius 3 is 2.33 bits per heavy atom. The van der Waals surface area contributed by atoms with Crippen molar-refractivity contribution < 1.29 is 22.4 Å². The van der Waals surface area contributed by atoms with E-state index in [1.165, 1.54) is 15.3 Å². The van der Waals surface area contributed by atoms with E-state index < -0.39 is 21.9 Å². The zero-order chi connectivity index (χ0) is 30.9. The van der Waals surface area contributed by atoms with Gasteiger partial charge in [-0.2, -0.15) is 0 Å². The second-order valence-corrected chi connectivity index (χ2v) is 12.8. The molecule has 42 heavy (non-hydrogen) atoms. The summed E-state index contributed by atoms with van der Waals surface area (Å²) >= 11 is 6.15. The lowest BCUT2D eigenvalue weighted by Gasteiger charge is -2.33. The van der Waals surface area contributed by atoms with E-state index in [0.29, 0.717) is 17.1 Å². The number of benzene rings is 3. The van der Waals surface area contributed by atoms with Crippen LogP contribution in [0.3, 0.4) is 0 Å². The number of hydrogen-bond donors (Lipinski definition) is 1. The first-order valence-corrected chi connectivity index (χ1v) is 16.2. The predicted octanol–water partition coefficient (Wildman–Crippen LogP) is 5.89. The molecule has 0 saturated heterocycles. The molecule has 0 spiro atoms. The molecule has 7 nitrogen and oxygen atoms in total. The van der Waals surface area contributed by atoms with Crippen LogP contribution in [0, 0.1) is 12.7 Å². The molecule has 2 atom stereocenters. The summed E-state index contributed by atoms with van der Waals surface area (Å²) in [6.45, 7) is 5.55. The number of sulfonamides is 1. The van der Waals surface area contributed by atoms with Crippen LogP contribution in [-0.4, -0.2) is 50.0 Å². The van der Waals surface area contributed by atoms with Gasteiger partial charge in [-0.15, -0.1) is 0 Å². The van der Waals surface area contributed by atoms with Gasteiger partial charge in [-0.25, -0.2) is 12.8 Å². The number of hydrogen-bond acceptors (Lipinski definition) is 4. The highest BCUT2D eigenvalue weighted by molar-refractivity contribution is 7.92. The minimum Gasteiger partial charge on any atom is -0.352 e. The number of carbonyl (C=O) groups excluding carboxylic acids is 2. The number of halogens is 2. The summed E-state index contributed by atoms with van der Waals surface area (Å²) < 4.78 is 41.4. The number of amides is 2. The number of rotatable bonds is 14. The molecule has 3 rings (SSSR count). The van der Waals surface area contributed by atoms with Crippen LogP contribution in [0.25, 0.3) is 0 Å². The van der Waals surface area contributed by atoms with Crippen molar-refractivity contribution >= 4 is 39.1 Å². The van der Waals surface area contributed by atoms with E-state index in [1.54, 1.807) is 43.3 Å². The molecule has 0 fully saturated rings. The van der Waals surface area contributed by atoms with Gasteiger partial charge in [-0.1, -0.05) is 73.1 Å². The monoisotopic (exact) mass is 615 g/mol. The van der Waals surface area contributed by atoms with Crippen molar-refractivity contribution in [1.82, 2.24) is 10.2 Å². The molecule has 10 heteroatoms. The van der Waals surface area contributed by atoms with Gasteiger partial charge in [0.2, 0.25) is 21.8 Å². The smallest absolute Gasteiger partial charge is 0.243 e. The van der Waals surface area contributed by atoms with Crippen LogP contribution < -0.4 is 9.62 Å². The minimum atomic E-state index is -3.68. The van der Waals surface area contributed by atoms with Gasteiger partial charge in [0.15, 0.2) is 0 Å². The normalized spacial score (nSPS) is 12.8. The number of carbonyl (C=O) groups is 2. The maximum Gasteiger partial charge on any atom is 0.243 e. The van der Waals surface area contributed by atoms with Crippen molar-refractivity contribution in [2.24, 2.45) is 0 Å². The molecule has 226 valence electrons. The van der Waals surface area contributed by atoms with Crippen molar-refractivity contribution in [2.75, 3.05) is 17.1 Å². The second kappa shape index (κ2) is 15.2. The van der Waals surface area contributed by atoms with Crippen LogP contribution in [0.1, 0.15) is 49.8 Å². The molecular weight excluding hydrogens is 577 g/mol. The lowest BCUT2D eigenvalue weighted by Crippen LogP contribution is -2.52. The maximum atomic E-state index is 14.8. The Bertz CT molecular complexity index is 1470. The number of nitrogens with one attached hydrogen (secondary N) is 1. The van der Waals surface area contributed by atoms with Crippen molar-refractivity contribution in [2.45, 2.75) is 65.1 Å². The molecule has 0 aliphatic carbocycles. The largest absolute Gasteiger partial charge is 0.352 e. The second-order valence-electron chi connectivity index (χ2n) is 10.5. The Morgan fingerprint density at radius 1 is 1.02 bits per heavy atom. The maximum absolute atomic E-state index is 14.8. The third-order valence-electron chi connectivity index (χ3n) is 7.16. The van der Waals surface area contributed by atoms with Gasteiger partial charge in [0.25, 0.3) is 0 Å². The molecule has 2 unspecified atom stereocenters. The van der Waals surface area contributed by atoms with E-state index in [0.717, 1.165) is 17.4 Å². The van der Waals surface area contributed by atoms with Crippen molar-refractivity contribution in [3.8, 4) is 0 Å². The summed E-state index contributed by atoms with van der Waals surface area (Å²) in [5, 5.41) is 3.38. The van der Waals surface area contributed by atoms with E-state index in [2.05, 4.69) is 5.32 Å². The van der Waals surface area contributed by atoms with Crippen molar-refractivity contribution in [1.29, 1.82) is 0 Å². The highest BCUT2D eigenvalue weighted by Gasteiger charge is 2.31. The fourth-order valence-corrected chi connectivity index (χ4v) is 5.82. The third-order valence-corrected chi connectivity index (χ3v) is 8.58. The van der Waals surface area contributed by atoms with Gasteiger partial charge >= 0.3 is 0 Å². The first-order chi connectivity index (χ1) is 19.9. The third kappa shape index (κ3) is 9.29. The van der Waals surface area contributed by atoms with E-state index in [9.17, 15) is 22.4 Å². The highest BCUT2D eigenvalue weighted by Crippen LogP contribution is 2.27. The Labute approximate surface area is 253 Å². The van der Waals surface area contributed by atoms with Gasteiger partial charge in [-0.3, -0.25) is 13.9 Å². The molecule has 0 aliphatic heterocycles. The summed E-state index contributed by atoms with van der Waals surface area (Å²) in [5.41, 5.74) is 2.30. The molecule has 1 N–H and O–H groups in total. The summed E-state index contributed by atoms with van der Waals surface area (Å²) in [6.07, 6.45) is 2.17. The zero-order valence-electron chi connectivity index (χ0n) is 24.5. The summed E-state index contributed by atoms with van der Waals surface area (Å²) in [5.74, 6) is -1.18. The molecule has 0 bridgehead atoms. The molecule has 3 aromatic rings. The van der Waals surface area contributed by atoms with Gasteiger partial charge < -0.3 is 10.2 Å². The summed E-state index contributed by atoms with van der Waals surface area (Å²) in [4.78, 5) is 28.9. The van der Waals surface area contributed by atoms with Crippen LogP contribution in [0.15, 0.2) is 72.8 Å². The fourth-order valence-electron chi connectivity index (χ4n) is 4.64. The van der Waals surface area contributed by atoms with Crippen LogP contribution in [0.5, 0.6) is 0 Å². The number of nitrogens with zero attached hydrogens (tertiary/aromatic N) is 2. The lowest BCUT2D eigenvalue weighted by molar-refractivity contribution is -0.141. The molecule has 0 radical (unpaired) electrons. The Morgan fingerprint density at radius 2 is 1.69 bits per heavy atom. The summed E-state index contributed by atoms with van der Waals surface area (Å²) in [6, 6.07) is 19.5. The van der Waals surface area contributed by atoms with E-state index in [-0.39, 0.29) is 55.8 Å². The highest BCUT2D eigenvalue weighted by atomic mass is 35.5. The van der Waals surface area contributed by atoms with E-state index in [4.69, 9.17) is 11.6 Å². The van der Waals surface area contributed by atoms with Gasteiger partial charge in [0.1, 0.15) is 11.9 Å². The number of anilines is 1. The number of aryl methyl sites for hydroxylation is 1. The van der Waals surface area contributed by atoms with Gasteiger partial charge in [0.05, 0.1) is 11.9 Å². The van der Waals surface area contributed by atoms with E-state index >= 15 is 0 Å². The van der Waals surface area contributed by atoms with Crippen LogP contribution in [0.2, 0.25) is 5.02 Å². The van der Waals surface area contributed by atoms with Crippen LogP contribution in [0.4, 0.5) is 10.1 Å². The van der Waals surface area contributed by atoms with Crippen molar-refractivity contribution in [3.05, 3.63) is 100 Å². The predicted molar refractivity (Wildman–Crippen MR) is 166 cm³/mol. The first kappa shape index (κ1) is 33.1. The molecule has 0 saturated carbocycles. The molecular formula is C32H39ClFN3O4S. The van der Waals surface area contributed by atoms with Crippen LogP contribution >= 0.6 is 11.6 Å². The van der Waals surface area contributed by atoms with Gasteiger partial charge in [-0.05, 0) is 56.0 Å². The summed E-state index contributed by atoms with van der Waals surface area (Å²) in [7, 11) is -3.68. The Kier molecular flexibility index (Phi) is 11.9.